The Balaban J connectivity index is 2.12. The molecule has 2 aromatic rings. The van der Waals surface area contributed by atoms with E-state index in [-0.39, 0.29) is 17.6 Å². The highest BCUT2D eigenvalue weighted by Gasteiger charge is 2.50. The van der Waals surface area contributed by atoms with Crippen molar-refractivity contribution >= 4 is 22.8 Å². The summed E-state index contributed by atoms with van der Waals surface area (Å²) in [4.78, 5) is 9.16. The minimum absolute atomic E-state index is 0.0218. The first-order chi connectivity index (χ1) is 10.0. The van der Waals surface area contributed by atoms with Crippen LogP contribution in [-0.2, 0) is 10.6 Å². The summed E-state index contributed by atoms with van der Waals surface area (Å²) in [5, 5.41) is 0. The molecule has 1 fully saturated rings. The summed E-state index contributed by atoms with van der Waals surface area (Å²) in [5.41, 5.74) is 1.70. The van der Waals surface area contributed by atoms with Gasteiger partial charge in [0.2, 0.25) is 5.88 Å². The number of halogens is 1. The quantitative estimate of drug-likeness (QED) is 0.814. The molecule has 5 nitrogen and oxygen atoms in total. The number of imidazole rings is 1. The average Bonchev–Trinajstić information content (AvgIpc) is 2.84. The van der Waals surface area contributed by atoms with Gasteiger partial charge >= 0.3 is 0 Å². The molecule has 0 bridgehead atoms. The van der Waals surface area contributed by atoms with Gasteiger partial charge in [0.15, 0.2) is 5.65 Å². The minimum atomic E-state index is 0.0218. The Kier molecular flexibility index (Phi) is 3.58. The molecule has 0 spiro atoms. The van der Waals surface area contributed by atoms with Crippen LogP contribution in [0.4, 0.5) is 0 Å². The molecule has 0 aliphatic heterocycles. The predicted molar refractivity (Wildman–Crippen MR) is 81.9 cm³/mol. The second-order valence-electron chi connectivity index (χ2n) is 6.03. The Morgan fingerprint density at radius 3 is 2.67 bits per heavy atom. The van der Waals surface area contributed by atoms with Crippen LogP contribution in [0, 0.1) is 5.41 Å². The molecule has 2 atom stereocenters. The SMILES string of the molecule is COc1ccc2nc(CCl)n(C3CC(OC)C3(C)C)c2n1. The molecule has 1 aliphatic carbocycles. The molecule has 0 N–H and O–H groups in total. The Bertz CT molecular complexity index is 668. The third kappa shape index (κ3) is 2.10. The van der Waals surface area contributed by atoms with Crippen LogP contribution in [0.2, 0.25) is 0 Å². The molecule has 114 valence electrons. The van der Waals surface area contributed by atoms with Crippen LogP contribution in [0.3, 0.4) is 0 Å². The van der Waals surface area contributed by atoms with E-state index in [0.29, 0.717) is 11.8 Å². The van der Waals surface area contributed by atoms with E-state index < -0.39 is 0 Å². The van der Waals surface area contributed by atoms with E-state index in [0.717, 1.165) is 23.4 Å². The lowest BCUT2D eigenvalue weighted by atomic mass is 9.64. The van der Waals surface area contributed by atoms with Crippen molar-refractivity contribution < 1.29 is 9.47 Å². The summed E-state index contributed by atoms with van der Waals surface area (Å²) in [6.07, 6.45) is 1.19. The summed E-state index contributed by atoms with van der Waals surface area (Å²) < 4.78 is 12.9. The van der Waals surface area contributed by atoms with E-state index in [1.807, 2.05) is 12.1 Å². The van der Waals surface area contributed by atoms with Gasteiger partial charge in [0.25, 0.3) is 0 Å². The van der Waals surface area contributed by atoms with Crippen LogP contribution in [0.5, 0.6) is 5.88 Å². The fourth-order valence-corrected chi connectivity index (χ4v) is 3.43. The van der Waals surface area contributed by atoms with E-state index in [1.54, 1.807) is 14.2 Å². The molecule has 0 radical (unpaired) electrons. The zero-order valence-corrected chi connectivity index (χ0v) is 13.5. The second kappa shape index (κ2) is 5.14. The summed E-state index contributed by atoms with van der Waals surface area (Å²) >= 11 is 6.09. The standard InChI is InChI=1S/C15H20ClN3O2/c1-15(2)10(7-11(15)20-3)19-12(8-16)17-9-5-6-13(21-4)18-14(9)19/h5-6,10-11H,7-8H2,1-4H3. The normalized spacial score (nSPS) is 24.0. The van der Waals surface area contributed by atoms with E-state index in [1.165, 1.54) is 0 Å². The van der Waals surface area contributed by atoms with Crippen LogP contribution < -0.4 is 4.74 Å². The van der Waals surface area contributed by atoms with Crippen molar-refractivity contribution in [1.29, 1.82) is 0 Å². The lowest BCUT2D eigenvalue weighted by molar-refractivity contribution is -0.112. The maximum absolute atomic E-state index is 6.09. The molecule has 2 unspecified atom stereocenters. The van der Waals surface area contributed by atoms with Crippen LogP contribution in [0.25, 0.3) is 11.2 Å². The highest BCUT2D eigenvalue weighted by Crippen LogP contribution is 2.52. The van der Waals surface area contributed by atoms with Gasteiger partial charge in [-0.25, -0.2) is 4.98 Å². The molecule has 1 aliphatic rings. The molecular formula is C15H20ClN3O2. The number of ether oxygens (including phenoxy) is 2. The lowest BCUT2D eigenvalue weighted by Crippen LogP contribution is -2.51. The molecular weight excluding hydrogens is 290 g/mol. The Labute approximate surface area is 129 Å². The number of rotatable bonds is 4. The lowest BCUT2D eigenvalue weighted by Gasteiger charge is -2.51. The van der Waals surface area contributed by atoms with Crippen LogP contribution in [0.15, 0.2) is 12.1 Å². The average molecular weight is 310 g/mol. The van der Waals surface area contributed by atoms with Crippen molar-refractivity contribution in [2.45, 2.75) is 38.3 Å². The zero-order chi connectivity index (χ0) is 15.2. The fraction of sp³-hybridized carbons (Fsp3) is 0.600. The molecule has 1 saturated carbocycles. The first kappa shape index (κ1) is 14.6. The van der Waals surface area contributed by atoms with E-state index in [4.69, 9.17) is 21.1 Å². The van der Waals surface area contributed by atoms with Crippen molar-refractivity contribution in [2.24, 2.45) is 5.41 Å². The van der Waals surface area contributed by atoms with Crippen LogP contribution in [-0.4, -0.2) is 34.9 Å². The minimum Gasteiger partial charge on any atom is -0.481 e. The van der Waals surface area contributed by atoms with Gasteiger partial charge in [-0.15, -0.1) is 11.6 Å². The molecule has 6 heteroatoms. The maximum atomic E-state index is 6.09. The van der Waals surface area contributed by atoms with Gasteiger partial charge in [0.1, 0.15) is 11.3 Å². The number of hydrogen-bond acceptors (Lipinski definition) is 4. The number of fused-ring (bicyclic) bond motifs is 1. The van der Waals surface area contributed by atoms with Gasteiger partial charge in [0, 0.05) is 24.6 Å². The smallest absolute Gasteiger partial charge is 0.215 e. The van der Waals surface area contributed by atoms with E-state index in [9.17, 15) is 0 Å². The topological polar surface area (TPSA) is 49.2 Å². The highest BCUT2D eigenvalue weighted by atomic mass is 35.5. The van der Waals surface area contributed by atoms with Gasteiger partial charge in [-0.1, -0.05) is 13.8 Å². The van der Waals surface area contributed by atoms with Crippen LogP contribution >= 0.6 is 11.6 Å². The van der Waals surface area contributed by atoms with Crippen molar-refractivity contribution in [3.8, 4) is 5.88 Å². The number of nitrogens with zero attached hydrogens (tertiary/aromatic N) is 3. The fourth-order valence-electron chi connectivity index (χ4n) is 3.24. The number of hydrogen-bond donors (Lipinski definition) is 0. The van der Waals surface area contributed by atoms with Crippen molar-refractivity contribution in [3.63, 3.8) is 0 Å². The summed E-state index contributed by atoms with van der Waals surface area (Å²) in [5.74, 6) is 1.80. The summed E-state index contributed by atoms with van der Waals surface area (Å²) in [7, 11) is 3.38. The summed E-state index contributed by atoms with van der Waals surface area (Å²) in [6, 6.07) is 4.02. The van der Waals surface area contributed by atoms with Crippen molar-refractivity contribution in [3.05, 3.63) is 18.0 Å². The number of aromatic nitrogens is 3. The third-order valence-corrected chi connectivity index (χ3v) is 4.87. The van der Waals surface area contributed by atoms with Gasteiger partial charge < -0.3 is 14.0 Å². The number of pyridine rings is 1. The Morgan fingerprint density at radius 1 is 1.33 bits per heavy atom. The molecule has 3 rings (SSSR count). The third-order valence-electron chi connectivity index (χ3n) is 4.64. The Morgan fingerprint density at radius 2 is 2.10 bits per heavy atom. The maximum Gasteiger partial charge on any atom is 0.215 e. The van der Waals surface area contributed by atoms with Gasteiger partial charge in [-0.3, -0.25) is 0 Å². The molecule has 2 heterocycles. The molecule has 2 aromatic heterocycles. The van der Waals surface area contributed by atoms with Crippen molar-refractivity contribution in [2.75, 3.05) is 14.2 Å². The van der Waals surface area contributed by atoms with Crippen molar-refractivity contribution in [1.82, 2.24) is 14.5 Å². The van der Waals surface area contributed by atoms with Gasteiger partial charge in [0.05, 0.1) is 19.1 Å². The first-order valence-electron chi connectivity index (χ1n) is 7.03. The number of methoxy groups -OCH3 is 2. The highest BCUT2D eigenvalue weighted by molar-refractivity contribution is 6.16. The van der Waals surface area contributed by atoms with E-state index in [2.05, 4.69) is 28.4 Å². The molecule has 0 aromatic carbocycles. The monoisotopic (exact) mass is 309 g/mol. The molecule has 0 saturated heterocycles. The first-order valence-corrected chi connectivity index (χ1v) is 7.57. The summed E-state index contributed by atoms with van der Waals surface area (Å²) in [6.45, 7) is 4.42. The van der Waals surface area contributed by atoms with Crippen LogP contribution in [0.1, 0.15) is 32.1 Å². The Hall–Kier alpha value is -1.33. The second-order valence-corrected chi connectivity index (χ2v) is 6.29. The molecule has 21 heavy (non-hydrogen) atoms. The van der Waals surface area contributed by atoms with Gasteiger partial charge in [-0.05, 0) is 12.5 Å². The predicted octanol–water partition coefficient (Wildman–Crippen LogP) is 3.16. The zero-order valence-electron chi connectivity index (χ0n) is 12.8. The van der Waals surface area contributed by atoms with E-state index >= 15 is 0 Å². The molecule has 0 amide bonds. The largest absolute Gasteiger partial charge is 0.481 e. The number of alkyl halides is 1. The van der Waals surface area contributed by atoms with Gasteiger partial charge in [-0.2, -0.15) is 4.98 Å².